The molecule has 4 N–H and O–H groups in total. The molecule has 2 amide bonds. The minimum atomic E-state index is -0.697. The Morgan fingerprint density at radius 2 is 1.84 bits per heavy atom. The third-order valence-electron chi connectivity index (χ3n) is 3.39. The monoisotopic (exact) mass is 352 g/mol. The van der Waals surface area contributed by atoms with Crippen LogP contribution < -0.4 is 16.4 Å². The smallest absolute Gasteiger partial charge is 0.270 e. The molecule has 1 aromatic heterocycles. The first-order valence-electron chi connectivity index (χ1n) is 7.53. The fourth-order valence-electron chi connectivity index (χ4n) is 2.23. The molecular weight excluding hydrogens is 336 g/mol. The van der Waals surface area contributed by atoms with Crippen LogP contribution in [-0.4, -0.2) is 16.8 Å². The number of thiazole rings is 1. The van der Waals surface area contributed by atoms with Crippen molar-refractivity contribution >= 4 is 39.0 Å². The van der Waals surface area contributed by atoms with Crippen molar-refractivity contribution in [3.63, 3.8) is 0 Å². The Kier molecular flexibility index (Phi) is 4.76. The summed E-state index contributed by atoms with van der Waals surface area (Å²) in [6.45, 7) is 1.90. The van der Waals surface area contributed by atoms with E-state index >= 15 is 0 Å². The molecule has 0 unspecified atom stereocenters. The van der Waals surface area contributed by atoms with Crippen molar-refractivity contribution in [2.45, 2.75) is 6.92 Å². The zero-order valence-electron chi connectivity index (χ0n) is 13.4. The minimum absolute atomic E-state index is 0.0319. The van der Waals surface area contributed by atoms with Gasteiger partial charge in [-0.3, -0.25) is 9.59 Å². The van der Waals surface area contributed by atoms with Crippen LogP contribution in [0.1, 0.15) is 26.4 Å². The van der Waals surface area contributed by atoms with E-state index in [1.807, 2.05) is 43.3 Å². The van der Waals surface area contributed by atoms with Crippen molar-refractivity contribution < 1.29 is 9.59 Å². The molecule has 0 spiro atoms. The standard InChI is InChI=1S/C18H16N4O2S/c1-11-6-5-7-12(10-11)16(24)22-17-14(15(19)23)21-18(25-17)20-13-8-3-2-4-9-13/h2-10H,1H3,(H2,19,23)(H,20,21)(H,22,24). The number of nitrogens with two attached hydrogens (primary N) is 1. The molecular formula is C18H16N4O2S. The molecule has 6 nitrogen and oxygen atoms in total. The summed E-state index contributed by atoms with van der Waals surface area (Å²) in [6, 6.07) is 16.6. The van der Waals surface area contributed by atoms with E-state index < -0.39 is 5.91 Å². The van der Waals surface area contributed by atoms with Crippen molar-refractivity contribution in [1.82, 2.24) is 4.98 Å². The first-order chi connectivity index (χ1) is 12.0. The summed E-state index contributed by atoms with van der Waals surface area (Å²) in [5.41, 5.74) is 7.71. The van der Waals surface area contributed by atoms with Gasteiger partial charge in [-0.15, -0.1) is 0 Å². The summed E-state index contributed by atoms with van der Waals surface area (Å²) in [7, 11) is 0. The number of hydrogen-bond donors (Lipinski definition) is 3. The van der Waals surface area contributed by atoms with Crippen molar-refractivity contribution in [2.24, 2.45) is 5.73 Å². The van der Waals surface area contributed by atoms with Crippen LogP contribution >= 0.6 is 11.3 Å². The molecule has 1 heterocycles. The number of carbonyl (C=O) groups excluding carboxylic acids is 2. The number of anilines is 3. The van der Waals surface area contributed by atoms with Gasteiger partial charge in [0.1, 0.15) is 5.00 Å². The highest BCUT2D eigenvalue weighted by Gasteiger charge is 2.19. The van der Waals surface area contributed by atoms with E-state index in [1.54, 1.807) is 18.2 Å². The number of para-hydroxylation sites is 1. The minimum Gasteiger partial charge on any atom is -0.364 e. The summed E-state index contributed by atoms with van der Waals surface area (Å²) in [4.78, 5) is 28.2. The second-order valence-electron chi connectivity index (χ2n) is 5.38. The van der Waals surface area contributed by atoms with Crippen LogP contribution in [-0.2, 0) is 0 Å². The van der Waals surface area contributed by atoms with E-state index in [2.05, 4.69) is 15.6 Å². The molecule has 7 heteroatoms. The summed E-state index contributed by atoms with van der Waals surface area (Å²) in [5, 5.41) is 6.60. The summed E-state index contributed by atoms with van der Waals surface area (Å²) >= 11 is 1.15. The predicted octanol–water partition coefficient (Wildman–Crippen LogP) is 3.55. The van der Waals surface area contributed by atoms with Crippen LogP contribution in [0, 0.1) is 6.92 Å². The number of benzene rings is 2. The topological polar surface area (TPSA) is 97.1 Å². The second-order valence-corrected chi connectivity index (χ2v) is 6.37. The number of primary amides is 1. The number of hydrogen-bond acceptors (Lipinski definition) is 5. The normalized spacial score (nSPS) is 10.3. The van der Waals surface area contributed by atoms with Crippen LogP contribution in [0.4, 0.5) is 15.8 Å². The molecule has 0 fully saturated rings. The molecule has 0 bridgehead atoms. The Morgan fingerprint density at radius 1 is 1.08 bits per heavy atom. The van der Waals surface area contributed by atoms with E-state index in [-0.39, 0.29) is 11.6 Å². The fourth-order valence-corrected chi connectivity index (χ4v) is 3.12. The molecule has 0 aliphatic heterocycles. The molecule has 3 aromatic rings. The van der Waals surface area contributed by atoms with Gasteiger partial charge in [-0.05, 0) is 31.2 Å². The van der Waals surface area contributed by atoms with Gasteiger partial charge < -0.3 is 16.4 Å². The number of nitrogens with one attached hydrogen (secondary N) is 2. The zero-order chi connectivity index (χ0) is 17.8. The van der Waals surface area contributed by atoms with Gasteiger partial charge in [0.25, 0.3) is 11.8 Å². The highest BCUT2D eigenvalue weighted by atomic mass is 32.1. The largest absolute Gasteiger partial charge is 0.364 e. The Labute approximate surface area is 148 Å². The predicted molar refractivity (Wildman–Crippen MR) is 99.5 cm³/mol. The molecule has 2 aromatic carbocycles. The average Bonchev–Trinajstić information content (AvgIpc) is 2.98. The summed E-state index contributed by atoms with van der Waals surface area (Å²) in [5.74, 6) is -1.02. The maximum Gasteiger partial charge on any atom is 0.270 e. The highest BCUT2D eigenvalue weighted by Crippen LogP contribution is 2.30. The van der Waals surface area contributed by atoms with E-state index in [9.17, 15) is 9.59 Å². The molecule has 0 saturated heterocycles. The van der Waals surface area contributed by atoms with Crippen LogP contribution in [0.5, 0.6) is 0 Å². The molecule has 0 saturated carbocycles. The van der Waals surface area contributed by atoms with Gasteiger partial charge in [-0.2, -0.15) is 0 Å². The maximum atomic E-state index is 12.4. The van der Waals surface area contributed by atoms with Crippen LogP contribution in [0.15, 0.2) is 54.6 Å². The lowest BCUT2D eigenvalue weighted by molar-refractivity contribution is 0.0997. The van der Waals surface area contributed by atoms with Gasteiger partial charge in [-0.25, -0.2) is 4.98 Å². The highest BCUT2D eigenvalue weighted by molar-refractivity contribution is 7.20. The Bertz CT molecular complexity index is 922. The average molecular weight is 352 g/mol. The molecule has 0 aliphatic carbocycles. The molecule has 126 valence electrons. The number of nitrogens with zero attached hydrogens (tertiary/aromatic N) is 1. The molecule has 0 aliphatic rings. The van der Waals surface area contributed by atoms with E-state index in [4.69, 9.17) is 5.73 Å². The van der Waals surface area contributed by atoms with Gasteiger partial charge in [0.2, 0.25) is 0 Å². The maximum absolute atomic E-state index is 12.4. The molecule has 25 heavy (non-hydrogen) atoms. The lowest BCUT2D eigenvalue weighted by Crippen LogP contribution is -2.17. The van der Waals surface area contributed by atoms with Gasteiger partial charge in [0, 0.05) is 11.3 Å². The SMILES string of the molecule is Cc1cccc(C(=O)Nc2sc(Nc3ccccc3)nc2C(N)=O)c1. The number of aryl methyl sites for hydroxylation is 1. The first-order valence-corrected chi connectivity index (χ1v) is 8.35. The lowest BCUT2D eigenvalue weighted by Gasteiger charge is -2.04. The number of amides is 2. The third-order valence-corrected chi connectivity index (χ3v) is 4.28. The van der Waals surface area contributed by atoms with Crippen molar-refractivity contribution in [1.29, 1.82) is 0 Å². The van der Waals surface area contributed by atoms with Gasteiger partial charge in [-0.1, -0.05) is 47.2 Å². The van der Waals surface area contributed by atoms with E-state index in [1.165, 1.54) is 0 Å². The summed E-state index contributed by atoms with van der Waals surface area (Å²) < 4.78 is 0. The fraction of sp³-hybridized carbons (Fsp3) is 0.0556. The Hall–Kier alpha value is -3.19. The number of aromatic nitrogens is 1. The Morgan fingerprint density at radius 3 is 2.52 bits per heavy atom. The number of carbonyl (C=O) groups is 2. The van der Waals surface area contributed by atoms with Gasteiger partial charge in [0.15, 0.2) is 10.8 Å². The molecule has 0 radical (unpaired) electrons. The molecule has 0 atom stereocenters. The quantitative estimate of drug-likeness (QED) is 0.654. The van der Waals surface area contributed by atoms with Crippen molar-refractivity contribution in [3.8, 4) is 0 Å². The van der Waals surface area contributed by atoms with Gasteiger partial charge >= 0.3 is 0 Å². The number of rotatable bonds is 5. The van der Waals surface area contributed by atoms with Crippen LogP contribution in [0.3, 0.4) is 0 Å². The van der Waals surface area contributed by atoms with Crippen LogP contribution in [0.25, 0.3) is 0 Å². The third kappa shape index (κ3) is 4.02. The van der Waals surface area contributed by atoms with Crippen molar-refractivity contribution in [2.75, 3.05) is 10.6 Å². The van der Waals surface area contributed by atoms with Gasteiger partial charge in [0.05, 0.1) is 0 Å². The Balaban J connectivity index is 1.85. The van der Waals surface area contributed by atoms with Crippen LogP contribution in [0.2, 0.25) is 0 Å². The lowest BCUT2D eigenvalue weighted by atomic mass is 10.1. The van der Waals surface area contributed by atoms with E-state index in [0.717, 1.165) is 22.6 Å². The van der Waals surface area contributed by atoms with E-state index in [0.29, 0.717) is 15.7 Å². The molecule has 3 rings (SSSR count). The zero-order valence-corrected chi connectivity index (χ0v) is 14.3. The summed E-state index contributed by atoms with van der Waals surface area (Å²) in [6.07, 6.45) is 0. The second kappa shape index (κ2) is 7.14. The first kappa shape index (κ1) is 16.7. The van der Waals surface area contributed by atoms with Crippen molar-refractivity contribution in [3.05, 3.63) is 71.4 Å².